The molecule has 0 saturated heterocycles. The van der Waals surface area contributed by atoms with Crippen LogP contribution in [0.2, 0.25) is 0 Å². The van der Waals surface area contributed by atoms with Crippen LogP contribution >= 0.6 is 0 Å². The van der Waals surface area contributed by atoms with E-state index in [0.717, 1.165) is 5.56 Å². The predicted octanol–water partition coefficient (Wildman–Crippen LogP) is 1.20. The first-order valence-electron chi connectivity index (χ1n) is 6.62. The van der Waals surface area contributed by atoms with E-state index in [1.807, 2.05) is 30.3 Å². The molecule has 0 saturated carbocycles. The average Bonchev–Trinajstić information content (AvgIpc) is 2.90. The molecule has 1 heterocycles. The number of hydrogen-bond acceptors (Lipinski definition) is 3. The van der Waals surface area contributed by atoms with Crippen LogP contribution in [0.15, 0.2) is 42.7 Å². The predicted molar refractivity (Wildman–Crippen MR) is 75.9 cm³/mol. The number of aliphatic hydroxyl groups excluding tert-OH is 1. The summed E-state index contributed by atoms with van der Waals surface area (Å²) in [5.74, 6) is -0.0585. The van der Waals surface area contributed by atoms with Gasteiger partial charge in [0, 0.05) is 31.8 Å². The van der Waals surface area contributed by atoms with E-state index in [1.165, 1.54) is 0 Å². The fraction of sp³-hybridized carbons (Fsp3) is 0.333. The molecule has 20 heavy (non-hydrogen) atoms. The summed E-state index contributed by atoms with van der Waals surface area (Å²) in [5.41, 5.74) is 1.84. The number of hydrogen-bond donors (Lipinski definition) is 2. The number of aromatic nitrogens is 2. The largest absolute Gasteiger partial charge is 0.386 e. The lowest BCUT2D eigenvalue weighted by Crippen LogP contribution is -2.28. The lowest BCUT2D eigenvalue weighted by atomic mass is 10.1. The minimum absolute atomic E-state index is 0.0585. The van der Waals surface area contributed by atoms with Crippen LogP contribution in [0.5, 0.6) is 0 Å². The molecule has 0 radical (unpaired) electrons. The van der Waals surface area contributed by atoms with E-state index < -0.39 is 6.10 Å². The maximum absolute atomic E-state index is 11.7. The number of nitrogens with zero attached hydrogens (tertiary/aromatic N) is 2. The molecule has 106 valence electrons. The summed E-state index contributed by atoms with van der Waals surface area (Å²) in [6.07, 6.45) is 3.74. The van der Waals surface area contributed by atoms with Crippen molar-refractivity contribution in [2.24, 2.45) is 7.05 Å². The van der Waals surface area contributed by atoms with Gasteiger partial charge in [0.15, 0.2) is 0 Å². The Morgan fingerprint density at radius 1 is 1.40 bits per heavy atom. The Balaban J connectivity index is 1.72. The number of aliphatic hydroxyl groups is 1. The first-order valence-corrected chi connectivity index (χ1v) is 6.62. The summed E-state index contributed by atoms with van der Waals surface area (Å²) in [5, 5.41) is 16.6. The summed E-state index contributed by atoms with van der Waals surface area (Å²) in [7, 11) is 1.79. The maximum Gasteiger partial charge on any atom is 0.220 e. The lowest BCUT2D eigenvalue weighted by molar-refractivity contribution is -0.121. The van der Waals surface area contributed by atoms with E-state index in [2.05, 4.69) is 10.4 Å². The average molecular weight is 273 g/mol. The van der Waals surface area contributed by atoms with Crippen molar-refractivity contribution in [3.63, 3.8) is 0 Å². The Morgan fingerprint density at radius 2 is 2.15 bits per heavy atom. The van der Waals surface area contributed by atoms with E-state index in [9.17, 15) is 9.90 Å². The molecule has 5 heteroatoms. The fourth-order valence-corrected chi connectivity index (χ4v) is 1.93. The van der Waals surface area contributed by atoms with Gasteiger partial charge in [0.2, 0.25) is 5.91 Å². The molecule has 0 spiro atoms. The number of nitrogens with one attached hydrogen (secondary N) is 1. The van der Waals surface area contributed by atoms with Crippen molar-refractivity contribution in [1.82, 2.24) is 15.1 Å². The van der Waals surface area contributed by atoms with Gasteiger partial charge in [0.1, 0.15) is 0 Å². The van der Waals surface area contributed by atoms with Crippen LogP contribution in [-0.4, -0.2) is 27.3 Å². The zero-order chi connectivity index (χ0) is 14.4. The quantitative estimate of drug-likeness (QED) is 0.831. The molecule has 1 unspecified atom stereocenters. The highest BCUT2D eigenvalue weighted by Gasteiger charge is 2.11. The van der Waals surface area contributed by atoms with Crippen LogP contribution in [0.1, 0.15) is 23.7 Å². The Hall–Kier alpha value is -2.14. The number of amides is 1. The van der Waals surface area contributed by atoms with Crippen LogP contribution in [-0.2, 0) is 18.3 Å². The molecule has 0 aliphatic rings. The maximum atomic E-state index is 11.7. The summed E-state index contributed by atoms with van der Waals surface area (Å²) in [6, 6.07) is 9.86. The normalized spacial score (nSPS) is 12.1. The topological polar surface area (TPSA) is 67.2 Å². The van der Waals surface area contributed by atoms with Crippen molar-refractivity contribution in [1.29, 1.82) is 0 Å². The number of benzene rings is 1. The number of aryl methyl sites for hydroxylation is 2. The standard InChI is InChI=1S/C15H19N3O2/c1-18-11-13(9-17-18)14(19)10-16-15(20)8-7-12-5-3-2-4-6-12/h2-6,9,11,14,19H,7-8,10H2,1H3,(H,16,20). The molecule has 1 amide bonds. The van der Waals surface area contributed by atoms with Gasteiger partial charge in [-0.05, 0) is 12.0 Å². The molecule has 0 aliphatic heterocycles. The van der Waals surface area contributed by atoms with Crippen molar-refractivity contribution < 1.29 is 9.90 Å². The monoisotopic (exact) mass is 273 g/mol. The molecule has 0 aliphatic carbocycles. The smallest absolute Gasteiger partial charge is 0.220 e. The van der Waals surface area contributed by atoms with Crippen LogP contribution in [0, 0.1) is 0 Å². The minimum Gasteiger partial charge on any atom is -0.386 e. The highest BCUT2D eigenvalue weighted by Crippen LogP contribution is 2.09. The molecule has 1 atom stereocenters. The number of carbonyl (C=O) groups excluding carboxylic acids is 1. The third-order valence-electron chi connectivity index (χ3n) is 3.09. The molecule has 1 aromatic heterocycles. The second kappa shape index (κ2) is 6.86. The molecule has 2 aromatic rings. The van der Waals surface area contributed by atoms with Crippen LogP contribution < -0.4 is 5.32 Å². The molecule has 0 fully saturated rings. The van der Waals surface area contributed by atoms with Gasteiger partial charge in [0.05, 0.1) is 12.3 Å². The van der Waals surface area contributed by atoms with E-state index in [1.54, 1.807) is 24.1 Å². The fourth-order valence-electron chi connectivity index (χ4n) is 1.93. The van der Waals surface area contributed by atoms with Crippen LogP contribution in [0.3, 0.4) is 0 Å². The Morgan fingerprint density at radius 3 is 2.80 bits per heavy atom. The second-order valence-corrected chi connectivity index (χ2v) is 4.75. The van der Waals surface area contributed by atoms with Crippen molar-refractivity contribution >= 4 is 5.91 Å². The number of carbonyl (C=O) groups is 1. The van der Waals surface area contributed by atoms with Gasteiger partial charge in [0.25, 0.3) is 0 Å². The van der Waals surface area contributed by atoms with Crippen molar-refractivity contribution in [3.8, 4) is 0 Å². The molecule has 0 bridgehead atoms. The lowest BCUT2D eigenvalue weighted by Gasteiger charge is -2.10. The molecule has 5 nitrogen and oxygen atoms in total. The van der Waals surface area contributed by atoms with Gasteiger partial charge in [-0.1, -0.05) is 30.3 Å². The Kier molecular flexibility index (Phi) is 4.90. The van der Waals surface area contributed by atoms with Gasteiger partial charge < -0.3 is 10.4 Å². The SMILES string of the molecule is Cn1cc(C(O)CNC(=O)CCc2ccccc2)cn1. The molecule has 1 aromatic carbocycles. The van der Waals surface area contributed by atoms with Gasteiger partial charge in [-0.3, -0.25) is 9.48 Å². The third-order valence-corrected chi connectivity index (χ3v) is 3.09. The van der Waals surface area contributed by atoms with Crippen LogP contribution in [0.25, 0.3) is 0 Å². The Bertz CT molecular complexity index is 551. The summed E-state index contributed by atoms with van der Waals surface area (Å²) >= 11 is 0. The first kappa shape index (κ1) is 14.3. The molecule has 2 rings (SSSR count). The zero-order valence-corrected chi connectivity index (χ0v) is 11.5. The van der Waals surface area contributed by atoms with E-state index in [-0.39, 0.29) is 12.5 Å². The van der Waals surface area contributed by atoms with Gasteiger partial charge in [-0.2, -0.15) is 5.10 Å². The van der Waals surface area contributed by atoms with Gasteiger partial charge in [-0.15, -0.1) is 0 Å². The van der Waals surface area contributed by atoms with Crippen LogP contribution in [0.4, 0.5) is 0 Å². The third kappa shape index (κ3) is 4.20. The molecule has 2 N–H and O–H groups in total. The summed E-state index contributed by atoms with van der Waals surface area (Å²) in [6.45, 7) is 0.208. The zero-order valence-electron chi connectivity index (χ0n) is 11.5. The van der Waals surface area contributed by atoms with Crippen molar-refractivity contribution in [2.45, 2.75) is 18.9 Å². The summed E-state index contributed by atoms with van der Waals surface area (Å²) < 4.78 is 1.62. The minimum atomic E-state index is -0.718. The number of rotatable bonds is 6. The van der Waals surface area contributed by atoms with E-state index in [4.69, 9.17) is 0 Å². The van der Waals surface area contributed by atoms with Crippen molar-refractivity contribution in [3.05, 3.63) is 53.9 Å². The van der Waals surface area contributed by atoms with E-state index >= 15 is 0 Å². The van der Waals surface area contributed by atoms with Crippen molar-refractivity contribution in [2.75, 3.05) is 6.54 Å². The van der Waals surface area contributed by atoms with Gasteiger partial charge >= 0.3 is 0 Å². The highest BCUT2D eigenvalue weighted by atomic mass is 16.3. The molecular formula is C15H19N3O2. The highest BCUT2D eigenvalue weighted by molar-refractivity contribution is 5.76. The van der Waals surface area contributed by atoms with E-state index in [0.29, 0.717) is 18.4 Å². The first-order chi connectivity index (χ1) is 9.65. The second-order valence-electron chi connectivity index (χ2n) is 4.75. The Labute approximate surface area is 118 Å². The molecular weight excluding hydrogens is 254 g/mol. The van der Waals surface area contributed by atoms with Gasteiger partial charge in [-0.25, -0.2) is 0 Å². The summed E-state index contributed by atoms with van der Waals surface area (Å²) in [4.78, 5) is 11.7.